The van der Waals surface area contributed by atoms with Gasteiger partial charge in [-0.15, -0.1) is 0 Å². The molecule has 3 rings (SSSR count). The van der Waals surface area contributed by atoms with Gasteiger partial charge < -0.3 is 9.47 Å². The first kappa shape index (κ1) is 26.1. The molecule has 0 atom stereocenters. The largest absolute Gasteiger partial charge is 0.493 e. The maximum Gasteiger partial charge on any atom is 0.254 e. The molecule has 1 aliphatic carbocycles. The number of alkyl halides is 2. The van der Waals surface area contributed by atoms with Crippen molar-refractivity contribution >= 4 is 0 Å². The van der Waals surface area contributed by atoms with E-state index < -0.39 is 24.1 Å². The minimum absolute atomic E-state index is 0.0280. The zero-order chi connectivity index (χ0) is 24.6. The fourth-order valence-electron chi connectivity index (χ4n) is 4.65. The van der Waals surface area contributed by atoms with Crippen molar-refractivity contribution in [1.29, 1.82) is 0 Å². The smallest absolute Gasteiger partial charge is 0.254 e. The van der Waals surface area contributed by atoms with Crippen LogP contribution in [0, 0.1) is 17.6 Å². The molecule has 2 aromatic carbocycles. The van der Waals surface area contributed by atoms with Crippen LogP contribution in [0.25, 0.3) is 0 Å². The van der Waals surface area contributed by atoms with Gasteiger partial charge in [-0.25, -0.2) is 17.6 Å². The quantitative estimate of drug-likeness (QED) is 0.239. The number of rotatable bonds is 11. The molecule has 0 aliphatic heterocycles. The van der Waals surface area contributed by atoms with Gasteiger partial charge >= 0.3 is 0 Å². The second-order valence-electron chi connectivity index (χ2n) is 8.90. The number of benzene rings is 2. The number of hydrogen-bond acceptors (Lipinski definition) is 2. The third kappa shape index (κ3) is 7.00. The molecule has 2 nitrogen and oxygen atoms in total. The Hall–Kier alpha value is -2.50. The first-order valence-corrected chi connectivity index (χ1v) is 12.2. The van der Waals surface area contributed by atoms with Gasteiger partial charge in [0.1, 0.15) is 11.6 Å². The van der Waals surface area contributed by atoms with Crippen LogP contribution >= 0.6 is 0 Å². The highest BCUT2D eigenvalue weighted by Crippen LogP contribution is 2.44. The van der Waals surface area contributed by atoms with Gasteiger partial charge in [0.15, 0.2) is 11.6 Å². The summed E-state index contributed by atoms with van der Waals surface area (Å²) in [5, 5.41) is 0. The summed E-state index contributed by atoms with van der Waals surface area (Å²) in [6.07, 6.45) is 7.01. The molecule has 0 unspecified atom stereocenters. The molecular formula is C28H34F4O2. The van der Waals surface area contributed by atoms with E-state index in [0.29, 0.717) is 37.9 Å². The Kier molecular flexibility index (Phi) is 9.43. The van der Waals surface area contributed by atoms with Crippen molar-refractivity contribution in [2.45, 2.75) is 70.6 Å². The Labute approximate surface area is 200 Å². The number of hydrogen-bond donors (Lipinski definition) is 0. The van der Waals surface area contributed by atoms with Crippen LogP contribution in [-0.4, -0.2) is 19.1 Å². The second-order valence-corrected chi connectivity index (χ2v) is 8.90. The Bertz CT molecular complexity index is 949. The molecule has 2 aromatic rings. The van der Waals surface area contributed by atoms with Crippen LogP contribution in [0.3, 0.4) is 0 Å². The summed E-state index contributed by atoms with van der Waals surface area (Å²) in [7, 11) is 0. The van der Waals surface area contributed by atoms with Crippen molar-refractivity contribution in [2.75, 3.05) is 13.2 Å². The van der Waals surface area contributed by atoms with E-state index in [1.807, 2.05) is 25.1 Å². The van der Waals surface area contributed by atoms with Crippen LogP contribution in [-0.2, 0) is 6.42 Å². The summed E-state index contributed by atoms with van der Waals surface area (Å²) in [4.78, 5) is 0. The summed E-state index contributed by atoms with van der Waals surface area (Å²) in [5.41, 5.74) is 1.59. The Morgan fingerprint density at radius 2 is 1.74 bits per heavy atom. The number of aryl methyl sites for hydroxylation is 1. The highest BCUT2D eigenvalue weighted by atomic mass is 19.3. The molecule has 0 radical (unpaired) electrons. The highest BCUT2D eigenvalue weighted by Gasteiger charge is 2.41. The van der Waals surface area contributed by atoms with Gasteiger partial charge in [-0.2, -0.15) is 0 Å². The van der Waals surface area contributed by atoms with E-state index in [1.165, 1.54) is 12.1 Å². The summed E-state index contributed by atoms with van der Waals surface area (Å²) in [6.45, 7) is 3.84. The predicted molar refractivity (Wildman–Crippen MR) is 127 cm³/mol. The molecule has 0 aromatic heterocycles. The zero-order valence-electron chi connectivity index (χ0n) is 20.0. The summed E-state index contributed by atoms with van der Waals surface area (Å²) in [5.74, 6) is -4.18. The van der Waals surface area contributed by atoms with Crippen molar-refractivity contribution in [3.63, 3.8) is 0 Å². The summed E-state index contributed by atoms with van der Waals surface area (Å²) in [6, 6.07) is 9.45. The van der Waals surface area contributed by atoms with Crippen LogP contribution in [0.1, 0.15) is 69.4 Å². The monoisotopic (exact) mass is 478 g/mol. The molecule has 186 valence electrons. The Balaban J connectivity index is 1.48. The highest BCUT2D eigenvalue weighted by molar-refractivity contribution is 5.33. The van der Waals surface area contributed by atoms with Gasteiger partial charge in [0.05, 0.1) is 13.2 Å². The van der Waals surface area contributed by atoms with E-state index in [0.717, 1.165) is 24.5 Å². The van der Waals surface area contributed by atoms with Crippen LogP contribution < -0.4 is 9.47 Å². The zero-order valence-corrected chi connectivity index (χ0v) is 20.0. The normalized spacial score (nSPS) is 18.9. The third-order valence-electron chi connectivity index (χ3n) is 6.57. The Morgan fingerprint density at radius 3 is 2.38 bits per heavy atom. The lowest BCUT2D eigenvalue weighted by atomic mass is 9.75. The Morgan fingerprint density at radius 1 is 0.971 bits per heavy atom. The fraction of sp³-hybridized carbons (Fsp3) is 0.500. The van der Waals surface area contributed by atoms with Gasteiger partial charge in [-0.3, -0.25) is 0 Å². The van der Waals surface area contributed by atoms with E-state index >= 15 is 0 Å². The predicted octanol–water partition coefficient (Wildman–Crippen LogP) is 8.25. The average Bonchev–Trinajstić information content (AvgIpc) is 2.81. The standard InChI is InChI=1S/C28H34F4O2/c1-3-5-6-7-20-8-14-24(25(29)18-20)21-9-11-22(12-10-21)28(31,32)16-17-34-23-13-15-27(33-4-2)26(30)19-23/h3,5,8,13-15,18-19,21-22H,4,6-7,9-12,16-17H2,1-2H3. The van der Waals surface area contributed by atoms with E-state index in [2.05, 4.69) is 6.08 Å². The number of halogens is 4. The van der Waals surface area contributed by atoms with Crippen LogP contribution in [0.15, 0.2) is 48.6 Å². The van der Waals surface area contributed by atoms with E-state index in [4.69, 9.17) is 9.47 Å². The van der Waals surface area contributed by atoms with Crippen molar-refractivity contribution in [1.82, 2.24) is 0 Å². The lowest BCUT2D eigenvalue weighted by Crippen LogP contribution is -2.33. The van der Waals surface area contributed by atoms with Gasteiger partial charge in [0.25, 0.3) is 5.92 Å². The minimum Gasteiger partial charge on any atom is -0.493 e. The van der Waals surface area contributed by atoms with E-state index in [-0.39, 0.29) is 29.8 Å². The summed E-state index contributed by atoms with van der Waals surface area (Å²) >= 11 is 0. The van der Waals surface area contributed by atoms with Crippen LogP contribution in [0.5, 0.6) is 11.5 Å². The molecule has 1 saturated carbocycles. The van der Waals surface area contributed by atoms with Crippen molar-refractivity contribution in [3.05, 3.63) is 71.3 Å². The molecular weight excluding hydrogens is 444 g/mol. The van der Waals surface area contributed by atoms with Gasteiger partial charge in [-0.05, 0) is 87.6 Å². The molecule has 0 bridgehead atoms. The van der Waals surface area contributed by atoms with E-state index in [1.54, 1.807) is 13.0 Å². The van der Waals surface area contributed by atoms with Gasteiger partial charge in [0.2, 0.25) is 0 Å². The van der Waals surface area contributed by atoms with E-state index in [9.17, 15) is 17.6 Å². The molecule has 0 spiro atoms. The molecule has 1 fully saturated rings. The molecule has 1 aliphatic rings. The molecule has 0 amide bonds. The maximum absolute atomic E-state index is 14.8. The SMILES string of the molecule is CC=CCCc1ccc(C2CCC(C(F)(F)CCOc3ccc(OCC)c(F)c3)CC2)c(F)c1. The van der Waals surface area contributed by atoms with Crippen molar-refractivity contribution in [3.8, 4) is 11.5 Å². The topological polar surface area (TPSA) is 18.5 Å². The fourth-order valence-corrected chi connectivity index (χ4v) is 4.65. The molecule has 0 heterocycles. The molecule has 0 N–H and O–H groups in total. The first-order valence-electron chi connectivity index (χ1n) is 12.2. The van der Waals surface area contributed by atoms with Crippen LogP contribution in [0.2, 0.25) is 0 Å². The minimum atomic E-state index is -2.88. The van der Waals surface area contributed by atoms with Crippen LogP contribution in [0.4, 0.5) is 17.6 Å². The summed E-state index contributed by atoms with van der Waals surface area (Å²) < 4.78 is 68.7. The first-order chi connectivity index (χ1) is 16.3. The lowest BCUT2D eigenvalue weighted by molar-refractivity contribution is -0.0854. The maximum atomic E-state index is 14.8. The second kappa shape index (κ2) is 12.3. The molecule has 34 heavy (non-hydrogen) atoms. The molecule has 6 heteroatoms. The average molecular weight is 479 g/mol. The van der Waals surface area contributed by atoms with Crippen molar-refractivity contribution in [2.24, 2.45) is 5.92 Å². The van der Waals surface area contributed by atoms with Crippen molar-refractivity contribution < 1.29 is 27.0 Å². The number of ether oxygens (including phenoxy) is 2. The van der Waals surface area contributed by atoms with Gasteiger partial charge in [0, 0.05) is 18.4 Å². The number of allylic oxidation sites excluding steroid dienone is 2. The van der Waals surface area contributed by atoms with Gasteiger partial charge in [-0.1, -0.05) is 24.3 Å². The molecule has 0 saturated heterocycles. The lowest BCUT2D eigenvalue weighted by Gasteiger charge is -2.34. The third-order valence-corrected chi connectivity index (χ3v) is 6.57.